The van der Waals surface area contributed by atoms with Crippen molar-refractivity contribution in [2.45, 2.75) is 32.2 Å². The summed E-state index contributed by atoms with van der Waals surface area (Å²) < 4.78 is 19.1. The Morgan fingerprint density at radius 2 is 2.20 bits per heavy atom. The Hall–Kier alpha value is -2.10. The maximum absolute atomic E-state index is 13.6. The van der Waals surface area contributed by atoms with E-state index in [1.165, 1.54) is 12.1 Å². The number of furan rings is 1. The third-order valence-electron chi connectivity index (χ3n) is 3.77. The topological polar surface area (TPSA) is 42.2 Å². The van der Waals surface area contributed by atoms with Gasteiger partial charge in [0.2, 0.25) is 0 Å². The lowest BCUT2D eigenvalue weighted by molar-refractivity contribution is 0.0928. The van der Waals surface area contributed by atoms with E-state index in [0.717, 1.165) is 36.1 Å². The van der Waals surface area contributed by atoms with Crippen LogP contribution in [0, 0.1) is 12.7 Å². The summed E-state index contributed by atoms with van der Waals surface area (Å²) >= 11 is 0. The summed E-state index contributed by atoms with van der Waals surface area (Å²) in [5.74, 6) is 0.0686. The molecule has 1 unspecified atom stereocenters. The zero-order valence-electron chi connectivity index (χ0n) is 11.3. The molecule has 0 fully saturated rings. The molecule has 1 aliphatic rings. The third-order valence-corrected chi connectivity index (χ3v) is 3.77. The molecule has 104 valence electrons. The summed E-state index contributed by atoms with van der Waals surface area (Å²) in [6.45, 7) is 1.97. The predicted molar refractivity (Wildman–Crippen MR) is 73.0 cm³/mol. The fourth-order valence-electron chi connectivity index (χ4n) is 2.81. The lowest BCUT2D eigenvalue weighted by Gasteiger charge is -2.23. The van der Waals surface area contributed by atoms with Gasteiger partial charge in [-0.05, 0) is 37.5 Å². The average molecular weight is 273 g/mol. The maximum Gasteiger partial charge on any atom is 0.254 e. The fraction of sp³-hybridized carbons (Fsp3) is 0.312. The Bertz CT molecular complexity index is 648. The van der Waals surface area contributed by atoms with Crippen molar-refractivity contribution in [3.63, 3.8) is 0 Å². The average Bonchev–Trinajstić information content (AvgIpc) is 2.82. The molecule has 0 bridgehead atoms. The van der Waals surface area contributed by atoms with E-state index in [2.05, 4.69) is 5.32 Å². The molecular formula is C16H16FNO2. The second-order valence-electron chi connectivity index (χ2n) is 5.15. The molecule has 0 saturated carbocycles. The van der Waals surface area contributed by atoms with E-state index in [1.807, 2.05) is 6.92 Å². The summed E-state index contributed by atoms with van der Waals surface area (Å²) in [6, 6.07) is 5.93. The normalized spacial score (nSPS) is 17.6. The maximum atomic E-state index is 13.6. The minimum Gasteiger partial charge on any atom is -0.469 e. The van der Waals surface area contributed by atoms with Crippen LogP contribution in [0.15, 0.2) is 34.9 Å². The fourth-order valence-corrected chi connectivity index (χ4v) is 2.81. The van der Waals surface area contributed by atoms with Crippen LogP contribution < -0.4 is 5.32 Å². The van der Waals surface area contributed by atoms with Crippen LogP contribution in [0.2, 0.25) is 0 Å². The van der Waals surface area contributed by atoms with Gasteiger partial charge in [0, 0.05) is 12.0 Å². The minimum atomic E-state index is -0.495. The van der Waals surface area contributed by atoms with Crippen molar-refractivity contribution in [3.8, 4) is 0 Å². The summed E-state index contributed by atoms with van der Waals surface area (Å²) in [5, 5.41) is 2.92. The Balaban J connectivity index is 1.84. The molecule has 3 rings (SSSR count). The Labute approximate surface area is 116 Å². The van der Waals surface area contributed by atoms with Crippen molar-refractivity contribution in [2.75, 3.05) is 0 Å². The first-order valence-electron chi connectivity index (χ1n) is 6.79. The lowest BCUT2D eigenvalue weighted by Crippen LogP contribution is -2.31. The Morgan fingerprint density at radius 3 is 3.00 bits per heavy atom. The van der Waals surface area contributed by atoms with Crippen LogP contribution in [0.3, 0.4) is 0 Å². The van der Waals surface area contributed by atoms with Crippen LogP contribution in [0.1, 0.15) is 46.1 Å². The van der Waals surface area contributed by atoms with E-state index in [0.29, 0.717) is 0 Å². The molecule has 3 nitrogen and oxygen atoms in total. The monoisotopic (exact) mass is 273 g/mol. The van der Waals surface area contributed by atoms with Gasteiger partial charge in [0.15, 0.2) is 0 Å². The van der Waals surface area contributed by atoms with E-state index in [4.69, 9.17) is 4.42 Å². The molecule has 0 aliphatic heterocycles. The van der Waals surface area contributed by atoms with E-state index in [9.17, 15) is 9.18 Å². The summed E-state index contributed by atoms with van der Waals surface area (Å²) in [6.07, 6.45) is 4.43. The standard InChI is InChI=1S/C16H16FNO2/c1-10-9-20-14-8-4-7-13(15(10)14)18-16(19)11-5-2-3-6-12(11)17/h2-3,5-6,9,13H,4,7-8H2,1H3,(H,18,19). The van der Waals surface area contributed by atoms with Crippen LogP contribution in [0.25, 0.3) is 0 Å². The molecule has 0 radical (unpaired) electrons. The molecule has 1 atom stereocenters. The Kier molecular flexibility index (Phi) is 3.30. The first-order valence-corrected chi connectivity index (χ1v) is 6.79. The minimum absolute atomic E-state index is 0.0840. The molecule has 1 aliphatic carbocycles. The number of hydrogen-bond donors (Lipinski definition) is 1. The largest absolute Gasteiger partial charge is 0.469 e. The summed E-state index contributed by atoms with van der Waals surface area (Å²) in [5.41, 5.74) is 2.18. The number of aryl methyl sites for hydroxylation is 2. The second-order valence-corrected chi connectivity index (χ2v) is 5.15. The molecule has 0 spiro atoms. The molecule has 1 aromatic heterocycles. The first kappa shape index (κ1) is 12.9. The summed E-state index contributed by atoms with van der Waals surface area (Å²) in [7, 11) is 0. The Morgan fingerprint density at radius 1 is 1.40 bits per heavy atom. The lowest BCUT2D eigenvalue weighted by atomic mass is 9.90. The van der Waals surface area contributed by atoms with Gasteiger partial charge in [0.25, 0.3) is 5.91 Å². The highest BCUT2D eigenvalue weighted by atomic mass is 19.1. The number of halogens is 1. The van der Waals surface area contributed by atoms with Crippen molar-refractivity contribution in [3.05, 3.63) is 58.8 Å². The number of carbonyl (C=O) groups is 1. The highest BCUT2D eigenvalue weighted by Gasteiger charge is 2.27. The number of fused-ring (bicyclic) bond motifs is 1. The molecule has 20 heavy (non-hydrogen) atoms. The zero-order chi connectivity index (χ0) is 14.1. The molecule has 1 N–H and O–H groups in total. The number of carbonyl (C=O) groups excluding carboxylic acids is 1. The van der Waals surface area contributed by atoms with Gasteiger partial charge in [-0.3, -0.25) is 4.79 Å². The first-order chi connectivity index (χ1) is 9.66. The predicted octanol–water partition coefficient (Wildman–Crippen LogP) is 3.53. The third kappa shape index (κ3) is 2.22. The molecular weight excluding hydrogens is 257 g/mol. The molecule has 4 heteroatoms. The van der Waals surface area contributed by atoms with Crippen molar-refractivity contribution in [1.29, 1.82) is 0 Å². The van der Waals surface area contributed by atoms with Crippen LogP contribution in [-0.4, -0.2) is 5.91 Å². The van der Waals surface area contributed by atoms with Crippen LogP contribution in [0.4, 0.5) is 4.39 Å². The van der Waals surface area contributed by atoms with Crippen molar-refractivity contribution in [1.82, 2.24) is 5.32 Å². The number of rotatable bonds is 2. The van der Waals surface area contributed by atoms with Gasteiger partial charge >= 0.3 is 0 Å². The van der Waals surface area contributed by atoms with Gasteiger partial charge in [-0.1, -0.05) is 12.1 Å². The van der Waals surface area contributed by atoms with Crippen molar-refractivity contribution < 1.29 is 13.6 Å². The SMILES string of the molecule is Cc1coc2c1C(NC(=O)c1ccccc1F)CCC2. The molecule has 1 aromatic carbocycles. The molecule has 0 saturated heterocycles. The summed E-state index contributed by atoms with van der Waals surface area (Å²) in [4.78, 5) is 12.2. The number of hydrogen-bond acceptors (Lipinski definition) is 2. The van der Waals surface area contributed by atoms with Crippen molar-refractivity contribution >= 4 is 5.91 Å². The van der Waals surface area contributed by atoms with Crippen molar-refractivity contribution in [2.24, 2.45) is 0 Å². The van der Waals surface area contributed by atoms with Gasteiger partial charge < -0.3 is 9.73 Å². The highest BCUT2D eigenvalue weighted by Crippen LogP contribution is 2.33. The van der Waals surface area contributed by atoms with Crippen LogP contribution >= 0.6 is 0 Å². The van der Waals surface area contributed by atoms with Gasteiger partial charge in [0.1, 0.15) is 11.6 Å². The van der Waals surface area contributed by atoms with E-state index < -0.39 is 5.82 Å². The molecule has 1 heterocycles. The smallest absolute Gasteiger partial charge is 0.254 e. The highest BCUT2D eigenvalue weighted by molar-refractivity contribution is 5.94. The molecule has 2 aromatic rings. The number of benzene rings is 1. The molecule has 1 amide bonds. The number of amides is 1. The van der Waals surface area contributed by atoms with E-state index in [-0.39, 0.29) is 17.5 Å². The van der Waals surface area contributed by atoms with Gasteiger partial charge in [0.05, 0.1) is 17.9 Å². The van der Waals surface area contributed by atoms with Gasteiger partial charge in [-0.2, -0.15) is 0 Å². The van der Waals surface area contributed by atoms with E-state index >= 15 is 0 Å². The van der Waals surface area contributed by atoms with E-state index in [1.54, 1.807) is 18.4 Å². The quantitative estimate of drug-likeness (QED) is 0.909. The van der Waals surface area contributed by atoms with Gasteiger partial charge in [-0.15, -0.1) is 0 Å². The zero-order valence-corrected chi connectivity index (χ0v) is 11.3. The second kappa shape index (κ2) is 5.12. The van der Waals surface area contributed by atoms with Crippen LogP contribution in [0.5, 0.6) is 0 Å². The number of nitrogens with one attached hydrogen (secondary N) is 1. The van der Waals surface area contributed by atoms with Crippen LogP contribution in [-0.2, 0) is 6.42 Å². The van der Waals surface area contributed by atoms with Gasteiger partial charge in [-0.25, -0.2) is 4.39 Å².